The van der Waals surface area contributed by atoms with Crippen molar-refractivity contribution in [3.8, 4) is 0 Å². The third-order valence-electron chi connectivity index (χ3n) is 4.24. The van der Waals surface area contributed by atoms with Gasteiger partial charge in [-0.3, -0.25) is 0 Å². The van der Waals surface area contributed by atoms with Gasteiger partial charge in [0.2, 0.25) is 0 Å². The molecule has 0 aliphatic carbocycles. The number of hydrogen-bond donors (Lipinski definition) is 1. The molecule has 2 heterocycles. The van der Waals surface area contributed by atoms with E-state index in [1.165, 1.54) is 10.4 Å². The Bertz CT molecular complexity index is 564. The first-order chi connectivity index (χ1) is 10.3. The Labute approximate surface area is 135 Å². The van der Waals surface area contributed by atoms with Gasteiger partial charge in [0.25, 0.3) is 0 Å². The summed E-state index contributed by atoms with van der Waals surface area (Å²) in [4.78, 5) is 1.37. The normalized spacial score (nSPS) is 17.8. The number of benzene rings is 1. The molecule has 112 valence electrons. The highest BCUT2D eigenvalue weighted by Crippen LogP contribution is 2.38. The van der Waals surface area contributed by atoms with Crippen molar-refractivity contribution in [3.63, 3.8) is 0 Å². The predicted octanol–water partition coefficient (Wildman–Crippen LogP) is 4.24. The Kier molecular flexibility index (Phi) is 4.96. The van der Waals surface area contributed by atoms with Gasteiger partial charge in [-0.05, 0) is 35.9 Å². The van der Waals surface area contributed by atoms with Crippen LogP contribution in [0, 0.1) is 0 Å². The summed E-state index contributed by atoms with van der Waals surface area (Å²) in [5.41, 5.74) is 1.35. The molecule has 3 rings (SSSR count). The van der Waals surface area contributed by atoms with Gasteiger partial charge in [0.1, 0.15) is 0 Å². The van der Waals surface area contributed by atoms with Crippen molar-refractivity contribution in [3.05, 3.63) is 57.2 Å². The summed E-state index contributed by atoms with van der Waals surface area (Å²) in [6, 6.07) is 12.5. The number of rotatable bonds is 5. The lowest BCUT2D eigenvalue weighted by Crippen LogP contribution is -2.42. The van der Waals surface area contributed by atoms with E-state index < -0.39 is 0 Å². The molecule has 1 aliphatic heterocycles. The van der Waals surface area contributed by atoms with Crippen LogP contribution in [0.1, 0.15) is 23.3 Å². The van der Waals surface area contributed by atoms with Crippen LogP contribution in [0.3, 0.4) is 0 Å². The first-order valence-electron chi connectivity index (χ1n) is 7.36. The summed E-state index contributed by atoms with van der Waals surface area (Å²) >= 11 is 8.25. The molecule has 1 fully saturated rings. The van der Waals surface area contributed by atoms with Crippen molar-refractivity contribution in [2.75, 3.05) is 19.8 Å². The molecule has 1 aromatic carbocycles. The Morgan fingerprint density at radius 2 is 1.95 bits per heavy atom. The van der Waals surface area contributed by atoms with E-state index in [-0.39, 0.29) is 5.41 Å². The number of nitrogens with one attached hydrogen (secondary N) is 1. The summed E-state index contributed by atoms with van der Waals surface area (Å²) < 4.78 is 5.57. The molecule has 0 saturated carbocycles. The highest BCUT2D eigenvalue weighted by Gasteiger charge is 2.35. The Morgan fingerprint density at radius 3 is 2.67 bits per heavy atom. The van der Waals surface area contributed by atoms with Gasteiger partial charge < -0.3 is 10.1 Å². The summed E-state index contributed by atoms with van der Waals surface area (Å²) in [5, 5.41) is 6.61. The minimum atomic E-state index is 0.0911. The number of ether oxygens (including phenoxy) is 1. The molecule has 2 aromatic rings. The minimum Gasteiger partial charge on any atom is -0.381 e. The SMILES string of the molecule is Clc1ccccc1C1(CNCc2cccs2)CCOCC1. The molecule has 1 N–H and O–H groups in total. The van der Waals surface area contributed by atoms with Crippen LogP contribution in [-0.4, -0.2) is 19.8 Å². The van der Waals surface area contributed by atoms with Crippen LogP contribution in [0.4, 0.5) is 0 Å². The number of hydrogen-bond acceptors (Lipinski definition) is 3. The van der Waals surface area contributed by atoms with E-state index >= 15 is 0 Å². The summed E-state index contributed by atoms with van der Waals surface area (Å²) in [7, 11) is 0. The lowest BCUT2D eigenvalue weighted by atomic mass is 9.74. The third kappa shape index (κ3) is 3.49. The molecule has 4 heteroatoms. The van der Waals surface area contributed by atoms with E-state index in [9.17, 15) is 0 Å². The van der Waals surface area contributed by atoms with E-state index in [0.29, 0.717) is 0 Å². The van der Waals surface area contributed by atoms with Crippen molar-refractivity contribution in [1.82, 2.24) is 5.32 Å². The number of halogens is 1. The predicted molar refractivity (Wildman–Crippen MR) is 89.2 cm³/mol. The van der Waals surface area contributed by atoms with Crippen LogP contribution in [0.15, 0.2) is 41.8 Å². The van der Waals surface area contributed by atoms with E-state index in [0.717, 1.165) is 44.2 Å². The summed E-state index contributed by atoms with van der Waals surface area (Å²) in [6.45, 7) is 3.49. The molecule has 0 spiro atoms. The van der Waals surface area contributed by atoms with E-state index in [4.69, 9.17) is 16.3 Å². The maximum absolute atomic E-state index is 6.46. The van der Waals surface area contributed by atoms with Crippen LogP contribution < -0.4 is 5.32 Å². The summed E-state index contributed by atoms with van der Waals surface area (Å²) in [5.74, 6) is 0. The Hall–Kier alpha value is -0.870. The monoisotopic (exact) mass is 321 g/mol. The van der Waals surface area contributed by atoms with Gasteiger partial charge in [-0.25, -0.2) is 0 Å². The quantitative estimate of drug-likeness (QED) is 0.889. The van der Waals surface area contributed by atoms with E-state index in [1.807, 2.05) is 12.1 Å². The second-order valence-corrected chi connectivity index (χ2v) is 6.99. The molecule has 21 heavy (non-hydrogen) atoms. The standard InChI is InChI=1S/C17H20ClNOS/c18-16-6-2-1-5-15(16)17(7-9-20-10-8-17)13-19-12-14-4-3-11-21-14/h1-6,11,19H,7-10,12-13H2. The molecule has 1 saturated heterocycles. The maximum Gasteiger partial charge on any atom is 0.0475 e. The molecular formula is C17H20ClNOS. The molecule has 0 bridgehead atoms. The fourth-order valence-electron chi connectivity index (χ4n) is 3.03. The van der Waals surface area contributed by atoms with Crippen molar-refractivity contribution in [1.29, 1.82) is 0 Å². The van der Waals surface area contributed by atoms with Crippen LogP contribution in [0.5, 0.6) is 0 Å². The molecule has 0 radical (unpaired) electrons. The lowest BCUT2D eigenvalue weighted by molar-refractivity contribution is 0.0498. The van der Waals surface area contributed by atoms with Gasteiger partial charge in [-0.2, -0.15) is 0 Å². The largest absolute Gasteiger partial charge is 0.381 e. The minimum absolute atomic E-state index is 0.0911. The van der Waals surface area contributed by atoms with Crippen molar-refractivity contribution in [2.24, 2.45) is 0 Å². The topological polar surface area (TPSA) is 21.3 Å². The van der Waals surface area contributed by atoms with Crippen molar-refractivity contribution in [2.45, 2.75) is 24.8 Å². The zero-order valence-corrected chi connectivity index (χ0v) is 13.6. The first kappa shape index (κ1) is 15.0. The number of thiophene rings is 1. The lowest BCUT2D eigenvalue weighted by Gasteiger charge is -2.38. The second-order valence-electron chi connectivity index (χ2n) is 5.56. The van der Waals surface area contributed by atoms with Crippen LogP contribution in [0.2, 0.25) is 5.02 Å². The first-order valence-corrected chi connectivity index (χ1v) is 8.62. The smallest absolute Gasteiger partial charge is 0.0475 e. The molecule has 1 aromatic heterocycles. The van der Waals surface area contributed by atoms with Gasteiger partial charge in [0.05, 0.1) is 0 Å². The fourth-order valence-corrected chi connectivity index (χ4v) is 4.04. The Balaban J connectivity index is 1.75. The zero-order valence-electron chi connectivity index (χ0n) is 12.0. The third-order valence-corrected chi connectivity index (χ3v) is 5.44. The second kappa shape index (κ2) is 6.93. The average Bonchev–Trinajstić information content (AvgIpc) is 3.02. The van der Waals surface area contributed by atoms with Gasteiger partial charge in [0.15, 0.2) is 0 Å². The summed E-state index contributed by atoms with van der Waals surface area (Å²) in [6.07, 6.45) is 2.04. The van der Waals surface area contributed by atoms with Crippen LogP contribution in [0.25, 0.3) is 0 Å². The van der Waals surface area contributed by atoms with Crippen LogP contribution >= 0.6 is 22.9 Å². The van der Waals surface area contributed by atoms with Crippen molar-refractivity contribution >= 4 is 22.9 Å². The molecular weight excluding hydrogens is 302 g/mol. The van der Waals surface area contributed by atoms with E-state index in [2.05, 4.69) is 35.0 Å². The van der Waals surface area contributed by atoms with Crippen LogP contribution in [-0.2, 0) is 16.7 Å². The zero-order chi connectivity index (χ0) is 14.5. The molecule has 1 aliphatic rings. The van der Waals surface area contributed by atoms with Gasteiger partial charge in [-0.1, -0.05) is 35.9 Å². The van der Waals surface area contributed by atoms with Gasteiger partial charge in [0, 0.05) is 41.6 Å². The van der Waals surface area contributed by atoms with Gasteiger partial charge in [-0.15, -0.1) is 11.3 Å². The van der Waals surface area contributed by atoms with Gasteiger partial charge >= 0.3 is 0 Å². The average molecular weight is 322 g/mol. The maximum atomic E-state index is 6.46. The molecule has 2 nitrogen and oxygen atoms in total. The van der Waals surface area contributed by atoms with E-state index in [1.54, 1.807) is 11.3 Å². The highest BCUT2D eigenvalue weighted by atomic mass is 35.5. The molecule has 0 unspecified atom stereocenters. The highest BCUT2D eigenvalue weighted by molar-refractivity contribution is 7.09. The molecule has 0 atom stereocenters. The van der Waals surface area contributed by atoms with Crippen molar-refractivity contribution < 1.29 is 4.74 Å². The molecule has 0 amide bonds. The fraction of sp³-hybridized carbons (Fsp3) is 0.412. The Morgan fingerprint density at radius 1 is 1.14 bits per heavy atom.